The molecule has 1 unspecified atom stereocenters. The molecule has 0 spiro atoms. The van der Waals surface area contributed by atoms with Gasteiger partial charge in [0.1, 0.15) is 17.6 Å². The van der Waals surface area contributed by atoms with Crippen molar-refractivity contribution in [2.75, 3.05) is 18.5 Å². The summed E-state index contributed by atoms with van der Waals surface area (Å²) < 4.78 is 37.9. The summed E-state index contributed by atoms with van der Waals surface area (Å²) in [4.78, 5) is 12.8. The molecular formula is C20H24N2O5S. The summed E-state index contributed by atoms with van der Waals surface area (Å²) >= 11 is 0. The minimum Gasteiger partial charge on any atom is -0.492 e. The Morgan fingerprint density at radius 1 is 1.21 bits per heavy atom. The lowest BCUT2D eigenvalue weighted by Gasteiger charge is -2.14. The normalized spacial score (nSPS) is 15.6. The van der Waals surface area contributed by atoms with Crippen LogP contribution in [0.1, 0.15) is 36.7 Å². The van der Waals surface area contributed by atoms with Gasteiger partial charge in [0.25, 0.3) is 5.91 Å². The zero-order chi connectivity index (χ0) is 20.3. The van der Waals surface area contributed by atoms with Gasteiger partial charge in [-0.25, -0.2) is 13.1 Å². The number of sulfonamides is 1. The maximum Gasteiger partial charge on any atom is 0.255 e. The zero-order valence-electron chi connectivity index (χ0n) is 16.1. The van der Waals surface area contributed by atoms with E-state index in [2.05, 4.69) is 10.0 Å². The topological polar surface area (TPSA) is 93.7 Å². The fourth-order valence-corrected chi connectivity index (χ4v) is 4.11. The molecule has 0 radical (unpaired) electrons. The van der Waals surface area contributed by atoms with Gasteiger partial charge in [-0.3, -0.25) is 4.79 Å². The maximum atomic E-state index is 12.6. The molecule has 28 heavy (non-hydrogen) atoms. The van der Waals surface area contributed by atoms with Crippen molar-refractivity contribution in [1.82, 2.24) is 4.72 Å². The molecule has 2 aromatic carbocycles. The van der Waals surface area contributed by atoms with E-state index in [4.69, 9.17) is 9.47 Å². The molecule has 1 heterocycles. The number of benzene rings is 2. The number of carbonyl (C=O) groups excluding carboxylic acids is 1. The average Bonchev–Trinajstić information content (AvgIpc) is 3.01. The molecule has 7 nitrogen and oxygen atoms in total. The van der Waals surface area contributed by atoms with Gasteiger partial charge in [0.05, 0.1) is 17.2 Å². The van der Waals surface area contributed by atoms with Crippen molar-refractivity contribution in [3.05, 3.63) is 47.5 Å². The first-order valence-corrected chi connectivity index (χ1v) is 10.7. The van der Waals surface area contributed by atoms with Gasteiger partial charge in [0.2, 0.25) is 10.0 Å². The molecule has 1 aliphatic heterocycles. The highest BCUT2D eigenvalue weighted by molar-refractivity contribution is 7.89. The van der Waals surface area contributed by atoms with Crippen LogP contribution in [0.25, 0.3) is 0 Å². The number of fused-ring (bicyclic) bond motifs is 1. The smallest absolute Gasteiger partial charge is 0.255 e. The van der Waals surface area contributed by atoms with Gasteiger partial charge in [-0.1, -0.05) is 6.92 Å². The van der Waals surface area contributed by atoms with Crippen LogP contribution in [0.5, 0.6) is 11.5 Å². The summed E-state index contributed by atoms with van der Waals surface area (Å²) in [5, 5.41) is 2.83. The first kappa shape index (κ1) is 20.2. The molecule has 0 fully saturated rings. The minimum absolute atomic E-state index is 0.0849. The Bertz CT molecular complexity index is 971. The molecule has 2 N–H and O–H groups in total. The van der Waals surface area contributed by atoms with Gasteiger partial charge in [-0.15, -0.1) is 0 Å². The Hall–Kier alpha value is -2.58. The van der Waals surface area contributed by atoms with Gasteiger partial charge < -0.3 is 14.8 Å². The summed E-state index contributed by atoms with van der Waals surface area (Å²) in [5.41, 5.74) is 1.91. The second kappa shape index (κ2) is 8.20. The first-order valence-electron chi connectivity index (χ1n) is 9.21. The molecule has 1 atom stereocenters. The summed E-state index contributed by atoms with van der Waals surface area (Å²) in [6.07, 6.45) is 0.882. The Morgan fingerprint density at radius 3 is 2.57 bits per heavy atom. The van der Waals surface area contributed by atoms with Crippen molar-refractivity contribution in [1.29, 1.82) is 0 Å². The number of ether oxygens (including phenoxy) is 2. The standard InChI is InChI=1S/C20H24N2O5S/c1-4-21-28(24,25)16-8-6-14(7-9-16)20(23)22-17-12-18-15(10-13(3)27-18)11-19(17)26-5-2/h6-9,11-13,21H,4-5,10H2,1-3H3,(H,22,23). The van der Waals surface area contributed by atoms with E-state index in [0.29, 0.717) is 30.2 Å². The van der Waals surface area contributed by atoms with Crippen molar-refractivity contribution in [3.8, 4) is 11.5 Å². The second-order valence-corrected chi connectivity index (χ2v) is 8.27. The number of carbonyl (C=O) groups is 1. The van der Waals surface area contributed by atoms with Gasteiger partial charge in [-0.2, -0.15) is 0 Å². The van der Waals surface area contributed by atoms with E-state index < -0.39 is 10.0 Å². The molecule has 0 saturated carbocycles. The van der Waals surface area contributed by atoms with E-state index >= 15 is 0 Å². The van der Waals surface area contributed by atoms with Crippen LogP contribution in [-0.2, 0) is 16.4 Å². The number of hydrogen-bond acceptors (Lipinski definition) is 5. The quantitative estimate of drug-likeness (QED) is 0.740. The van der Waals surface area contributed by atoms with Crippen LogP contribution in [0.15, 0.2) is 41.3 Å². The largest absolute Gasteiger partial charge is 0.492 e. The molecule has 3 rings (SSSR count). The van der Waals surface area contributed by atoms with Crippen LogP contribution in [0.2, 0.25) is 0 Å². The van der Waals surface area contributed by atoms with Gasteiger partial charge in [0.15, 0.2) is 0 Å². The molecule has 0 saturated heterocycles. The Kier molecular flexibility index (Phi) is 5.90. The molecule has 1 amide bonds. The van der Waals surface area contributed by atoms with Gasteiger partial charge in [-0.05, 0) is 44.2 Å². The molecule has 8 heteroatoms. The Balaban J connectivity index is 1.82. The van der Waals surface area contributed by atoms with Crippen molar-refractivity contribution in [3.63, 3.8) is 0 Å². The molecule has 2 aromatic rings. The van der Waals surface area contributed by atoms with E-state index in [9.17, 15) is 13.2 Å². The Labute approximate surface area is 165 Å². The zero-order valence-corrected chi connectivity index (χ0v) is 16.9. The average molecular weight is 404 g/mol. The van der Waals surface area contributed by atoms with Crippen molar-refractivity contribution in [2.45, 2.75) is 38.2 Å². The van der Waals surface area contributed by atoms with Crippen molar-refractivity contribution >= 4 is 21.6 Å². The number of hydrogen-bond donors (Lipinski definition) is 2. The SMILES string of the molecule is CCNS(=O)(=O)c1ccc(C(=O)Nc2cc3c(cc2OCC)CC(C)O3)cc1. The fraction of sp³-hybridized carbons (Fsp3) is 0.350. The van der Waals surface area contributed by atoms with Crippen LogP contribution in [0.4, 0.5) is 5.69 Å². The predicted octanol–water partition coefficient (Wildman–Crippen LogP) is 2.96. The monoisotopic (exact) mass is 404 g/mol. The van der Waals surface area contributed by atoms with E-state index in [1.807, 2.05) is 19.9 Å². The van der Waals surface area contributed by atoms with Crippen molar-refractivity contribution in [2.24, 2.45) is 0 Å². The molecular weight excluding hydrogens is 380 g/mol. The Morgan fingerprint density at radius 2 is 1.93 bits per heavy atom. The lowest BCUT2D eigenvalue weighted by Crippen LogP contribution is -2.23. The molecule has 0 aromatic heterocycles. The first-order chi connectivity index (χ1) is 13.3. The third-order valence-corrected chi connectivity index (χ3v) is 5.87. The van der Waals surface area contributed by atoms with E-state index in [0.717, 1.165) is 17.7 Å². The summed E-state index contributed by atoms with van der Waals surface area (Å²) in [5.74, 6) is 0.955. The third-order valence-electron chi connectivity index (χ3n) is 4.31. The van der Waals surface area contributed by atoms with Crippen LogP contribution in [0.3, 0.4) is 0 Å². The second-order valence-electron chi connectivity index (χ2n) is 6.50. The number of anilines is 1. The number of amides is 1. The summed E-state index contributed by atoms with van der Waals surface area (Å²) in [6.45, 7) is 6.33. The fourth-order valence-electron chi connectivity index (χ4n) is 3.07. The highest BCUT2D eigenvalue weighted by Gasteiger charge is 2.23. The maximum absolute atomic E-state index is 12.6. The number of rotatable bonds is 7. The van der Waals surface area contributed by atoms with Gasteiger partial charge >= 0.3 is 0 Å². The van der Waals surface area contributed by atoms with Crippen LogP contribution >= 0.6 is 0 Å². The molecule has 0 bridgehead atoms. The van der Waals surface area contributed by atoms with E-state index in [1.165, 1.54) is 24.3 Å². The predicted molar refractivity (Wildman–Crippen MR) is 107 cm³/mol. The molecule has 0 aliphatic carbocycles. The van der Waals surface area contributed by atoms with Gasteiger partial charge in [0, 0.05) is 30.2 Å². The minimum atomic E-state index is -3.56. The highest BCUT2D eigenvalue weighted by Crippen LogP contribution is 2.38. The van der Waals surface area contributed by atoms with Crippen molar-refractivity contribution < 1.29 is 22.7 Å². The van der Waals surface area contributed by atoms with Crippen LogP contribution < -0.4 is 19.5 Å². The molecule has 1 aliphatic rings. The number of nitrogens with one attached hydrogen (secondary N) is 2. The summed E-state index contributed by atoms with van der Waals surface area (Å²) in [7, 11) is -3.56. The lowest BCUT2D eigenvalue weighted by molar-refractivity contribution is 0.102. The molecule has 150 valence electrons. The lowest BCUT2D eigenvalue weighted by atomic mass is 10.1. The third kappa shape index (κ3) is 4.28. The van der Waals surface area contributed by atoms with Crippen LogP contribution in [-0.4, -0.2) is 33.6 Å². The van der Waals surface area contributed by atoms with E-state index in [-0.39, 0.29) is 16.9 Å². The summed E-state index contributed by atoms with van der Waals surface area (Å²) in [6, 6.07) is 9.43. The van der Waals surface area contributed by atoms with Crippen LogP contribution in [0, 0.1) is 0 Å². The van der Waals surface area contributed by atoms with E-state index in [1.54, 1.807) is 13.0 Å². The highest BCUT2D eigenvalue weighted by atomic mass is 32.2.